The maximum Gasteiger partial charge on any atom is 0.389 e. The molecule has 0 atom stereocenters. The zero-order valence-corrected chi connectivity index (χ0v) is 9.01. The summed E-state index contributed by atoms with van der Waals surface area (Å²) in [5, 5.41) is 11.5. The number of nitrogens with zero attached hydrogens (tertiary/aromatic N) is 1. The number of hydrogen-bond acceptors (Lipinski definition) is 3. The van der Waals surface area contributed by atoms with E-state index in [0.717, 1.165) is 0 Å². The van der Waals surface area contributed by atoms with E-state index in [0.29, 0.717) is 16.9 Å². The summed E-state index contributed by atoms with van der Waals surface area (Å²) in [6, 6.07) is 6.58. The lowest BCUT2D eigenvalue weighted by Crippen LogP contribution is -2.11. The molecule has 1 rings (SSSR count). The number of alkyl halides is 3. The lowest BCUT2D eigenvalue weighted by Gasteiger charge is -2.09. The number of hydrogen-bond donors (Lipinski definition) is 2. The molecule has 92 valence electrons. The minimum Gasteiger partial charge on any atom is -0.398 e. The molecule has 0 amide bonds. The van der Waals surface area contributed by atoms with E-state index in [1.165, 1.54) is 12.1 Å². The Morgan fingerprint density at radius 2 is 2.06 bits per heavy atom. The summed E-state index contributed by atoms with van der Waals surface area (Å²) < 4.78 is 35.6. The Morgan fingerprint density at radius 1 is 1.35 bits per heavy atom. The van der Waals surface area contributed by atoms with Crippen LogP contribution in [0, 0.1) is 11.3 Å². The highest BCUT2D eigenvalue weighted by atomic mass is 19.4. The summed E-state index contributed by atoms with van der Waals surface area (Å²) in [7, 11) is 0. The van der Waals surface area contributed by atoms with Crippen LogP contribution in [0.4, 0.5) is 24.5 Å². The highest BCUT2D eigenvalue weighted by molar-refractivity contribution is 5.62. The van der Waals surface area contributed by atoms with Gasteiger partial charge in [0.15, 0.2) is 0 Å². The van der Waals surface area contributed by atoms with Gasteiger partial charge in [0, 0.05) is 18.7 Å². The minimum absolute atomic E-state index is 0.00338. The maximum absolute atomic E-state index is 11.9. The Hall–Kier alpha value is -1.90. The van der Waals surface area contributed by atoms with Crippen LogP contribution in [0.1, 0.15) is 18.4 Å². The first kappa shape index (κ1) is 13.2. The van der Waals surface area contributed by atoms with Crippen molar-refractivity contribution >= 4 is 11.4 Å². The molecule has 0 unspecified atom stereocenters. The van der Waals surface area contributed by atoms with Gasteiger partial charge in [0.05, 0.1) is 11.3 Å². The van der Waals surface area contributed by atoms with Gasteiger partial charge in [0.25, 0.3) is 0 Å². The summed E-state index contributed by atoms with van der Waals surface area (Å²) in [5.41, 5.74) is 6.84. The molecule has 0 saturated carbocycles. The van der Waals surface area contributed by atoms with Crippen LogP contribution in [0.5, 0.6) is 0 Å². The molecule has 1 aromatic rings. The molecule has 0 saturated heterocycles. The van der Waals surface area contributed by atoms with E-state index < -0.39 is 12.6 Å². The number of nitrogen functional groups attached to an aromatic ring is 1. The van der Waals surface area contributed by atoms with E-state index in [2.05, 4.69) is 5.32 Å². The topological polar surface area (TPSA) is 61.8 Å². The van der Waals surface area contributed by atoms with Gasteiger partial charge in [-0.05, 0) is 24.6 Å². The van der Waals surface area contributed by atoms with E-state index in [1.807, 2.05) is 6.07 Å². The fourth-order valence-corrected chi connectivity index (χ4v) is 1.30. The van der Waals surface area contributed by atoms with Crippen LogP contribution < -0.4 is 11.1 Å². The Labute approximate surface area is 97.0 Å². The van der Waals surface area contributed by atoms with Gasteiger partial charge in [-0.15, -0.1) is 0 Å². The molecule has 0 bridgehead atoms. The van der Waals surface area contributed by atoms with Crippen LogP contribution in [-0.4, -0.2) is 12.7 Å². The predicted molar refractivity (Wildman–Crippen MR) is 59.3 cm³/mol. The number of nitrogens with two attached hydrogens (primary N) is 1. The molecule has 0 aliphatic rings. The smallest absolute Gasteiger partial charge is 0.389 e. The van der Waals surface area contributed by atoms with Crippen molar-refractivity contribution in [1.82, 2.24) is 0 Å². The van der Waals surface area contributed by atoms with Gasteiger partial charge in [-0.1, -0.05) is 0 Å². The quantitative estimate of drug-likeness (QED) is 0.631. The van der Waals surface area contributed by atoms with Gasteiger partial charge < -0.3 is 11.1 Å². The molecule has 0 radical (unpaired) electrons. The van der Waals surface area contributed by atoms with Crippen LogP contribution in [0.3, 0.4) is 0 Å². The molecule has 0 heterocycles. The van der Waals surface area contributed by atoms with Crippen molar-refractivity contribution in [3.05, 3.63) is 23.8 Å². The number of nitriles is 1. The van der Waals surface area contributed by atoms with E-state index in [1.54, 1.807) is 6.07 Å². The van der Waals surface area contributed by atoms with E-state index in [4.69, 9.17) is 11.0 Å². The second-order valence-electron chi connectivity index (χ2n) is 3.56. The fraction of sp³-hybridized carbons (Fsp3) is 0.364. The van der Waals surface area contributed by atoms with Crippen molar-refractivity contribution in [3.8, 4) is 6.07 Å². The molecule has 0 aliphatic heterocycles. The SMILES string of the molecule is N#Cc1ccc(NCCCC(F)(F)F)cc1N. The molecule has 0 aromatic heterocycles. The Morgan fingerprint density at radius 3 is 2.59 bits per heavy atom. The number of anilines is 2. The number of benzene rings is 1. The summed E-state index contributed by atoms with van der Waals surface area (Å²) >= 11 is 0. The molecule has 3 nitrogen and oxygen atoms in total. The molecule has 0 fully saturated rings. The molecular formula is C11H12F3N3. The number of nitrogens with one attached hydrogen (secondary N) is 1. The van der Waals surface area contributed by atoms with Crippen molar-refractivity contribution in [1.29, 1.82) is 5.26 Å². The zero-order chi connectivity index (χ0) is 12.9. The first-order valence-electron chi connectivity index (χ1n) is 5.02. The monoisotopic (exact) mass is 243 g/mol. The van der Waals surface area contributed by atoms with Gasteiger partial charge in [0.2, 0.25) is 0 Å². The van der Waals surface area contributed by atoms with E-state index in [9.17, 15) is 13.2 Å². The lowest BCUT2D eigenvalue weighted by molar-refractivity contribution is -0.134. The lowest BCUT2D eigenvalue weighted by atomic mass is 10.2. The van der Waals surface area contributed by atoms with Crippen LogP contribution in [0.15, 0.2) is 18.2 Å². The first-order chi connectivity index (χ1) is 7.92. The van der Waals surface area contributed by atoms with Crippen molar-refractivity contribution < 1.29 is 13.2 Å². The molecule has 3 N–H and O–H groups in total. The average molecular weight is 243 g/mol. The van der Waals surface area contributed by atoms with Crippen LogP contribution in [-0.2, 0) is 0 Å². The fourth-order valence-electron chi connectivity index (χ4n) is 1.30. The van der Waals surface area contributed by atoms with Crippen molar-refractivity contribution in [3.63, 3.8) is 0 Å². The van der Waals surface area contributed by atoms with Crippen molar-refractivity contribution in [2.75, 3.05) is 17.6 Å². The Bertz CT molecular complexity index is 421. The van der Waals surface area contributed by atoms with Gasteiger partial charge >= 0.3 is 6.18 Å². The van der Waals surface area contributed by atoms with Gasteiger partial charge in [-0.2, -0.15) is 18.4 Å². The van der Waals surface area contributed by atoms with Crippen LogP contribution >= 0.6 is 0 Å². The summed E-state index contributed by atoms with van der Waals surface area (Å²) in [5.74, 6) is 0. The van der Waals surface area contributed by atoms with Gasteiger partial charge in [-0.3, -0.25) is 0 Å². The molecule has 6 heteroatoms. The third-order valence-corrected chi connectivity index (χ3v) is 2.14. The van der Waals surface area contributed by atoms with Crippen LogP contribution in [0.2, 0.25) is 0 Å². The van der Waals surface area contributed by atoms with Crippen molar-refractivity contribution in [2.45, 2.75) is 19.0 Å². The molecule has 1 aromatic carbocycles. The maximum atomic E-state index is 11.9. The molecular weight excluding hydrogens is 231 g/mol. The number of rotatable bonds is 4. The Kier molecular flexibility index (Phi) is 4.21. The normalized spacial score (nSPS) is 10.9. The van der Waals surface area contributed by atoms with Crippen molar-refractivity contribution in [2.24, 2.45) is 0 Å². The summed E-state index contributed by atoms with van der Waals surface area (Å²) in [4.78, 5) is 0. The van der Waals surface area contributed by atoms with Gasteiger partial charge in [-0.25, -0.2) is 0 Å². The highest BCUT2D eigenvalue weighted by Crippen LogP contribution is 2.22. The largest absolute Gasteiger partial charge is 0.398 e. The third-order valence-electron chi connectivity index (χ3n) is 2.14. The minimum atomic E-state index is -4.12. The number of halogens is 3. The second kappa shape index (κ2) is 5.43. The summed E-state index contributed by atoms with van der Waals surface area (Å²) in [6.07, 6.45) is -4.93. The zero-order valence-electron chi connectivity index (χ0n) is 9.01. The second-order valence-corrected chi connectivity index (χ2v) is 3.56. The van der Waals surface area contributed by atoms with Crippen LogP contribution in [0.25, 0.3) is 0 Å². The third kappa shape index (κ3) is 4.64. The first-order valence-corrected chi connectivity index (χ1v) is 5.02. The van der Waals surface area contributed by atoms with Gasteiger partial charge in [0.1, 0.15) is 6.07 Å². The van der Waals surface area contributed by atoms with E-state index in [-0.39, 0.29) is 13.0 Å². The summed E-state index contributed by atoms with van der Waals surface area (Å²) in [6.45, 7) is 0.213. The molecule has 17 heavy (non-hydrogen) atoms. The van der Waals surface area contributed by atoms with E-state index >= 15 is 0 Å². The molecule has 0 aliphatic carbocycles. The standard InChI is InChI=1S/C11H12F3N3/c12-11(13,14)4-1-5-17-9-3-2-8(7-15)10(16)6-9/h2-3,6,17H,1,4-5,16H2. The molecule has 0 spiro atoms. The highest BCUT2D eigenvalue weighted by Gasteiger charge is 2.25. The predicted octanol–water partition coefficient (Wildman–Crippen LogP) is 2.89. The Balaban J connectivity index is 2.43. The average Bonchev–Trinajstić information content (AvgIpc) is 2.23.